The molecule has 1 saturated carbocycles. The number of ether oxygens (including phenoxy) is 1. The molecule has 3 heteroatoms. The average Bonchev–Trinajstić information content (AvgIpc) is 2.21. The summed E-state index contributed by atoms with van der Waals surface area (Å²) in [5.74, 6) is 0. The highest BCUT2D eigenvalue weighted by Crippen LogP contribution is 2.25. The van der Waals surface area contributed by atoms with Crippen molar-refractivity contribution in [2.45, 2.75) is 64.1 Å². The average molecular weight is 242 g/mol. The van der Waals surface area contributed by atoms with Gasteiger partial charge < -0.3 is 15.0 Å². The van der Waals surface area contributed by atoms with Crippen LogP contribution in [-0.4, -0.2) is 49.8 Å². The van der Waals surface area contributed by atoms with Crippen LogP contribution in [0.2, 0.25) is 0 Å². The van der Waals surface area contributed by atoms with Crippen molar-refractivity contribution >= 4 is 0 Å². The molecular formula is C14H30N2O. The Bertz CT molecular complexity index is 214. The van der Waals surface area contributed by atoms with Gasteiger partial charge in [0.2, 0.25) is 0 Å². The van der Waals surface area contributed by atoms with E-state index in [2.05, 4.69) is 38.0 Å². The van der Waals surface area contributed by atoms with Crippen LogP contribution < -0.4 is 5.32 Å². The second-order valence-corrected chi connectivity index (χ2v) is 5.84. The zero-order chi connectivity index (χ0) is 12.9. The van der Waals surface area contributed by atoms with Gasteiger partial charge in [-0.3, -0.25) is 0 Å². The molecule has 1 fully saturated rings. The summed E-state index contributed by atoms with van der Waals surface area (Å²) in [7, 11) is 4.06. The Morgan fingerprint density at radius 3 is 2.47 bits per heavy atom. The van der Waals surface area contributed by atoms with Crippen molar-refractivity contribution in [2.75, 3.05) is 27.2 Å². The summed E-state index contributed by atoms with van der Waals surface area (Å²) in [6, 6.07) is 1.20. The van der Waals surface area contributed by atoms with Crippen LogP contribution >= 0.6 is 0 Å². The molecule has 0 saturated heterocycles. The van der Waals surface area contributed by atoms with Gasteiger partial charge in [0.25, 0.3) is 0 Å². The first-order valence-electron chi connectivity index (χ1n) is 7.00. The fourth-order valence-corrected chi connectivity index (χ4v) is 2.26. The largest absolute Gasteiger partial charge is 0.377 e. The summed E-state index contributed by atoms with van der Waals surface area (Å²) < 4.78 is 5.64. The van der Waals surface area contributed by atoms with Gasteiger partial charge in [0.1, 0.15) is 0 Å². The van der Waals surface area contributed by atoms with E-state index in [-0.39, 0.29) is 5.60 Å². The first-order valence-corrected chi connectivity index (χ1v) is 7.00. The third-order valence-corrected chi connectivity index (χ3v) is 4.17. The van der Waals surface area contributed by atoms with Gasteiger partial charge in [0.05, 0.1) is 5.60 Å². The van der Waals surface area contributed by atoms with Crippen molar-refractivity contribution < 1.29 is 4.74 Å². The molecule has 1 rings (SSSR count). The maximum Gasteiger partial charge on any atom is 0.0787 e. The minimum atomic E-state index is -0.104. The molecule has 0 amide bonds. The van der Waals surface area contributed by atoms with Gasteiger partial charge in [0.15, 0.2) is 0 Å². The predicted octanol–water partition coefficient (Wildman–Crippen LogP) is 2.26. The van der Waals surface area contributed by atoms with Crippen molar-refractivity contribution in [3.63, 3.8) is 0 Å². The molecule has 1 aliphatic rings. The standard InChI is InChI=1S/C14H30N2O/c1-6-10-15-13(14(2,3)17-5)11-16(4)12-8-7-9-12/h12-13,15H,6-11H2,1-5H3. The van der Waals surface area contributed by atoms with E-state index in [1.807, 2.05) is 7.11 Å². The van der Waals surface area contributed by atoms with Crippen molar-refractivity contribution in [3.8, 4) is 0 Å². The molecule has 0 bridgehead atoms. The molecule has 0 aromatic rings. The number of nitrogens with one attached hydrogen (secondary N) is 1. The molecule has 0 aromatic heterocycles. The zero-order valence-electron chi connectivity index (χ0n) is 12.3. The maximum absolute atomic E-state index is 5.64. The van der Waals surface area contributed by atoms with Crippen LogP contribution in [0.3, 0.4) is 0 Å². The minimum absolute atomic E-state index is 0.104. The fraction of sp³-hybridized carbons (Fsp3) is 1.00. The minimum Gasteiger partial charge on any atom is -0.377 e. The lowest BCUT2D eigenvalue weighted by Gasteiger charge is -2.41. The number of hydrogen-bond acceptors (Lipinski definition) is 3. The lowest BCUT2D eigenvalue weighted by molar-refractivity contribution is -0.0241. The number of methoxy groups -OCH3 is 1. The molecule has 1 N–H and O–H groups in total. The van der Waals surface area contributed by atoms with E-state index in [1.165, 1.54) is 25.7 Å². The van der Waals surface area contributed by atoms with Crippen LogP contribution in [0.15, 0.2) is 0 Å². The quantitative estimate of drug-likeness (QED) is 0.706. The van der Waals surface area contributed by atoms with Gasteiger partial charge >= 0.3 is 0 Å². The van der Waals surface area contributed by atoms with E-state index >= 15 is 0 Å². The number of nitrogens with zero attached hydrogens (tertiary/aromatic N) is 1. The Labute approximate surface area is 107 Å². The van der Waals surface area contributed by atoms with E-state index in [4.69, 9.17) is 4.74 Å². The molecule has 0 spiro atoms. The topological polar surface area (TPSA) is 24.5 Å². The van der Waals surface area contributed by atoms with E-state index < -0.39 is 0 Å². The molecule has 1 atom stereocenters. The molecule has 0 radical (unpaired) electrons. The molecule has 102 valence electrons. The molecule has 1 aliphatic carbocycles. The molecule has 0 aliphatic heterocycles. The lowest BCUT2D eigenvalue weighted by atomic mass is 9.90. The summed E-state index contributed by atoms with van der Waals surface area (Å²) in [6.07, 6.45) is 5.30. The van der Waals surface area contributed by atoms with Gasteiger partial charge in [-0.05, 0) is 46.7 Å². The van der Waals surface area contributed by atoms with E-state index in [0.717, 1.165) is 19.1 Å². The SMILES string of the molecule is CCCNC(CN(C)C1CCC1)C(C)(C)OC. The lowest BCUT2D eigenvalue weighted by Crippen LogP contribution is -2.55. The molecule has 17 heavy (non-hydrogen) atoms. The third-order valence-electron chi connectivity index (χ3n) is 4.17. The predicted molar refractivity (Wildman–Crippen MR) is 73.4 cm³/mol. The normalized spacial score (nSPS) is 19.4. The Hall–Kier alpha value is -0.120. The van der Waals surface area contributed by atoms with E-state index in [9.17, 15) is 0 Å². The maximum atomic E-state index is 5.64. The molecule has 0 aromatic carbocycles. The summed E-state index contributed by atoms with van der Waals surface area (Å²) in [4.78, 5) is 2.50. The van der Waals surface area contributed by atoms with E-state index in [1.54, 1.807) is 0 Å². The Morgan fingerprint density at radius 1 is 1.41 bits per heavy atom. The van der Waals surface area contributed by atoms with Crippen molar-refractivity contribution in [1.82, 2.24) is 10.2 Å². The summed E-state index contributed by atoms with van der Waals surface area (Å²) in [5.41, 5.74) is -0.104. The van der Waals surface area contributed by atoms with Gasteiger partial charge in [-0.15, -0.1) is 0 Å². The zero-order valence-corrected chi connectivity index (χ0v) is 12.3. The van der Waals surface area contributed by atoms with Gasteiger partial charge in [-0.25, -0.2) is 0 Å². The summed E-state index contributed by atoms with van der Waals surface area (Å²) >= 11 is 0. The van der Waals surface area contributed by atoms with Crippen LogP contribution in [0.4, 0.5) is 0 Å². The summed E-state index contributed by atoms with van der Waals surface area (Å²) in [5, 5.41) is 3.63. The second-order valence-electron chi connectivity index (χ2n) is 5.84. The van der Waals surface area contributed by atoms with Gasteiger partial charge in [0, 0.05) is 25.7 Å². The monoisotopic (exact) mass is 242 g/mol. The fourth-order valence-electron chi connectivity index (χ4n) is 2.26. The third kappa shape index (κ3) is 4.23. The highest BCUT2D eigenvalue weighted by atomic mass is 16.5. The Morgan fingerprint density at radius 2 is 2.06 bits per heavy atom. The van der Waals surface area contributed by atoms with Crippen molar-refractivity contribution in [2.24, 2.45) is 0 Å². The van der Waals surface area contributed by atoms with Crippen LogP contribution in [0.1, 0.15) is 46.5 Å². The molecular weight excluding hydrogens is 212 g/mol. The Balaban J connectivity index is 2.49. The van der Waals surface area contributed by atoms with Gasteiger partial charge in [-0.2, -0.15) is 0 Å². The smallest absolute Gasteiger partial charge is 0.0787 e. The van der Waals surface area contributed by atoms with Crippen molar-refractivity contribution in [1.29, 1.82) is 0 Å². The second kappa shape index (κ2) is 6.72. The number of hydrogen-bond donors (Lipinski definition) is 1. The highest BCUT2D eigenvalue weighted by Gasteiger charge is 2.32. The van der Waals surface area contributed by atoms with Crippen LogP contribution in [0.5, 0.6) is 0 Å². The Kier molecular flexibility index (Phi) is 5.90. The number of likely N-dealkylation sites (N-methyl/N-ethyl adjacent to an activating group) is 1. The van der Waals surface area contributed by atoms with Gasteiger partial charge in [-0.1, -0.05) is 13.3 Å². The molecule has 3 nitrogen and oxygen atoms in total. The first-order chi connectivity index (χ1) is 8.01. The van der Waals surface area contributed by atoms with E-state index in [0.29, 0.717) is 6.04 Å². The molecule has 1 unspecified atom stereocenters. The van der Waals surface area contributed by atoms with Crippen LogP contribution in [0.25, 0.3) is 0 Å². The van der Waals surface area contributed by atoms with Crippen molar-refractivity contribution in [3.05, 3.63) is 0 Å². The summed E-state index contributed by atoms with van der Waals surface area (Å²) in [6.45, 7) is 8.70. The van der Waals surface area contributed by atoms with Crippen LogP contribution in [0, 0.1) is 0 Å². The highest BCUT2D eigenvalue weighted by molar-refractivity contribution is 4.90. The first kappa shape index (κ1) is 14.9. The number of rotatable bonds is 8. The molecule has 0 heterocycles. The van der Waals surface area contributed by atoms with Crippen LogP contribution in [-0.2, 0) is 4.74 Å².